The Morgan fingerprint density at radius 2 is 1.48 bits per heavy atom. The smallest absolute Gasteiger partial charge is 0.416 e. The van der Waals surface area contributed by atoms with E-state index in [0.717, 1.165) is 77.2 Å². The third kappa shape index (κ3) is 7.71. The van der Waals surface area contributed by atoms with Crippen molar-refractivity contribution in [2.45, 2.75) is 22.4 Å². The lowest BCUT2D eigenvalue weighted by atomic mass is 10.1. The minimum Gasteiger partial charge on any atom is -0.497 e. The van der Waals surface area contributed by atoms with Crippen LogP contribution in [0.2, 0.25) is 0 Å². The van der Waals surface area contributed by atoms with Gasteiger partial charge in [0.1, 0.15) is 18.1 Å². The lowest BCUT2D eigenvalue weighted by Gasteiger charge is -2.36. The van der Waals surface area contributed by atoms with Crippen molar-refractivity contribution in [3.8, 4) is 11.5 Å². The van der Waals surface area contributed by atoms with Crippen LogP contribution in [0.25, 0.3) is 10.8 Å². The predicted octanol–water partition coefficient (Wildman–Crippen LogP) is 7.10. The summed E-state index contributed by atoms with van der Waals surface area (Å²) in [4.78, 5) is 20.9. The number of benzene rings is 4. The molecule has 0 radical (unpaired) electrons. The predicted molar refractivity (Wildman–Crippen MR) is 173 cm³/mol. The molecule has 4 aromatic rings. The molecular weight excluding hydrogens is 615 g/mol. The van der Waals surface area contributed by atoms with Crippen molar-refractivity contribution in [2.75, 3.05) is 71.0 Å². The van der Waals surface area contributed by atoms with Crippen molar-refractivity contribution in [3.05, 3.63) is 84.4 Å². The van der Waals surface area contributed by atoms with Gasteiger partial charge < -0.3 is 24.0 Å². The molecule has 2 aliphatic rings. The molecule has 4 aromatic carbocycles. The van der Waals surface area contributed by atoms with Crippen molar-refractivity contribution in [2.24, 2.45) is 0 Å². The van der Waals surface area contributed by atoms with Crippen LogP contribution in [0.5, 0.6) is 11.5 Å². The molecular formula is C35H36F3N3O4S. The van der Waals surface area contributed by atoms with Gasteiger partial charge >= 0.3 is 12.1 Å². The second-order valence-electron chi connectivity index (χ2n) is 11.3. The molecule has 2 heterocycles. The van der Waals surface area contributed by atoms with Crippen LogP contribution in [0.3, 0.4) is 0 Å². The Kier molecular flexibility index (Phi) is 9.91. The van der Waals surface area contributed by atoms with Crippen LogP contribution in [0.15, 0.2) is 88.7 Å². The van der Waals surface area contributed by atoms with E-state index in [9.17, 15) is 18.0 Å². The number of carbonyl (C=O) groups is 1. The van der Waals surface area contributed by atoms with E-state index in [-0.39, 0.29) is 6.61 Å². The first-order chi connectivity index (χ1) is 22.3. The fourth-order valence-electron chi connectivity index (χ4n) is 5.83. The SMILES string of the molecule is COc1ccc2ccc(OCC(=O)OCCN3CCN(CCCN4c5ccccc5Sc5ccc(C(F)(F)F)cc54)CC3)cc2c1. The van der Waals surface area contributed by atoms with Crippen molar-refractivity contribution in [3.63, 3.8) is 0 Å². The lowest BCUT2D eigenvalue weighted by molar-refractivity contribution is -0.146. The molecule has 7 nitrogen and oxygen atoms in total. The van der Waals surface area contributed by atoms with Gasteiger partial charge in [0, 0.05) is 49.1 Å². The average Bonchev–Trinajstić information content (AvgIpc) is 3.06. The summed E-state index contributed by atoms with van der Waals surface area (Å²) in [7, 11) is 1.62. The normalized spacial score (nSPS) is 15.3. The van der Waals surface area contributed by atoms with Crippen LogP contribution < -0.4 is 14.4 Å². The molecule has 242 valence electrons. The summed E-state index contributed by atoms with van der Waals surface area (Å²) in [6.07, 6.45) is -3.57. The summed E-state index contributed by atoms with van der Waals surface area (Å²) in [5.41, 5.74) is 0.931. The fraction of sp³-hybridized carbons (Fsp3) is 0.343. The molecule has 0 amide bonds. The number of fused-ring (bicyclic) bond motifs is 3. The zero-order valence-electron chi connectivity index (χ0n) is 25.6. The first kappa shape index (κ1) is 32.0. The number of nitrogens with zero attached hydrogens (tertiary/aromatic N) is 3. The van der Waals surface area contributed by atoms with Gasteiger partial charge in [-0.15, -0.1) is 0 Å². The topological polar surface area (TPSA) is 54.5 Å². The molecule has 46 heavy (non-hydrogen) atoms. The van der Waals surface area contributed by atoms with E-state index in [1.54, 1.807) is 13.2 Å². The number of anilines is 2. The highest BCUT2D eigenvalue weighted by molar-refractivity contribution is 7.99. The standard InChI is InChI=1S/C35H36F3N3O4S/c1-43-28-10-7-25-8-11-29(22-26(25)21-28)45-24-34(42)44-20-19-40-17-15-39(16-18-40)13-4-14-41-30-5-2-3-6-32(30)46-33-12-9-27(23-31(33)41)35(36,37)38/h2-3,5-12,21-23H,4,13-20,24H2,1H3. The Labute approximate surface area is 270 Å². The van der Waals surface area contributed by atoms with Crippen LogP contribution in [-0.4, -0.2) is 81.9 Å². The summed E-state index contributed by atoms with van der Waals surface area (Å²) in [6, 6.07) is 23.3. The van der Waals surface area contributed by atoms with Gasteiger partial charge in [0.25, 0.3) is 0 Å². The molecule has 2 aliphatic heterocycles. The minimum atomic E-state index is -4.39. The van der Waals surface area contributed by atoms with Crippen LogP contribution in [0, 0.1) is 0 Å². The van der Waals surface area contributed by atoms with E-state index in [4.69, 9.17) is 14.2 Å². The van der Waals surface area contributed by atoms with E-state index in [1.807, 2.05) is 65.6 Å². The molecule has 0 atom stereocenters. The van der Waals surface area contributed by atoms with Gasteiger partial charge in [-0.1, -0.05) is 36.0 Å². The number of ether oxygens (including phenoxy) is 3. The quantitative estimate of drug-likeness (QED) is 0.159. The Hall–Kier alpha value is -3.93. The number of hydrogen-bond acceptors (Lipinski definition) is 8. The number of halogens is 3. The highest BCUT2D eigenvalue weighted by atomic mass is 32.2. The Morgan fingerprint density at radius 1 is 0.783 bits per heavy atom. The summed E-state index contributed by atoms with van der Waals surface area (Å²) in [6.45, 7) is 5.73. The van der Waals surface area contributed by atoms with Gasteiger partial charge in [-0.25, -0.2) is 4.79 Å². The number of hydrogen-bond donors (Lipinski definition) is 0. The molecule has 0 spiro atoms. The van der Waals surface area contributed by atoms with E-state index in [2.05, 4.69) is 9.80 Å². The third-order valence-electron chi connectivity index (χ3n) is 8.32. The number of rotatable bonds is 11. The van der Waals surface area contributed by atoms with E-state index in [0.29, 0.717) is 31.1 Å². The Balaban J connectivity index is 0.923. The van der Waals surface area contributed by atoms with Gasteiger partial charge in [-0.3, -0.25) is 4.90 Å². The number of esters is 1. The lowest BCUT2D eigenvalue weighted by Crippen LogP contribution is -2.47. The third-order valence-corrected chi connectivity index (χ3v) is 9.45. The molecule has 6 rings (SSSR count). The van der Waals surface area contributed by atoms with E-state index < -0.39 is 17.7 Å². The number of methoxy groups -OCH3 is 1. The van der Waals surface area contributed by atoms with Gasteiger partial charge in [0.05, 0.1) is 24.0 Å². The van der Waals surface area contributed by atoms with Gasteiger partial charge in [-0.05, 0) is 78.3 Å². The Morgan fingerprint density at radius 3 is 2.24 bits per heavy atom. The molecule has 1 fully saturated rings. The van der Waals surface area contributed by atoms with Gasteiger partial charge in [0.2, 0.25) is 0 Å². The molecule has 11 heteroatoms. The first-order valence-electron chi connectivity index (χ1n) is 15.3. The molecule has 1 saturated heterocycles. The Bertz CT molecular complexity index is 1680. The molecule has 0 unspecified atom stereocenters. The maximum absolute atomic E-state index is 13.5. The second kappa shape index (κ2) is 14.2. The maximum atomic E-state index is 13.5. The van der Waals surface area contributed by atoms with Crippen LogP contribution >= 0.6 is 11.8 Å². The van der Waals surface area contributed by atoms with Crippen molar-refractivity contribution < 1.29 is 32.2 Å². The summed E-state index contributed by atoms with van der Waals surface area (Å²) < 4.78 is 56.9. The number of carbonyl (C=O) groups excluding carboxylic acids is 1. The minimum absolute atomic E-state index is 0.161. The first-order valence-corrected chi connectivity index (χ1v) is 16.1. The highest BCUT2D eigenvalue weighted by Gasteiger charge is 2.33. The zero-order valence-corrected chi connectivity index (χ0v) is 26.4. The number of piperazine rings is 1. The van der Waals surface area contributed by atoms with Crippen LogP contribution in [0.1, 0.15) is 12.0 Å². The monoisotopic (exact) mass is 651 g/mol. The number of para-hydroxylation sites is 1. The average molecular weight is 652 g/mol. The van der Waals surface area contributed by atoms with Crippen molar-refractivity contribution >= 4 is 39.9 Å². The molecule has 0 N–H and O–H groups in total. The van der Waals surface area contributed by atoms with Crippen molar-refractivity contribution in [1.29, 1.82) is 0 Å². The summed E-state index contributed by atoms with van der Waals surface area (Å²) in [5.74, 6) is 0.934. The maximum Gasteiger partial charge on any atom is 0.416 e. The summed E-state index contributed by atoms with van der Waals surface area (Å²) in [5, 5.41) is 2.02. The largest absolute Gasteiger partial charge is 0.497 e. The molecule has 0 bridgehead atoms. The van der Waals surface area contributed by atoms with Crippen molar-refractivity contribution in [1.82, 2.24) is 9.80 Å². The molecule has 0 aliphatic carbocycles. The highest BCUT2D eigenvalue weighted by Crippen LogP contribution is 2.49. The van der Waals surface area contributed by atoms with Crippen LogP contribution in [0.4, 0.5) is 24.5 Å². The second-order valence-corrected chi connectivity index (χ2v) is 12.4. The molecule has 0 aromatic heterocycles. The van der Waals surface area contributed by atoms with Gasteiger partial charge in [-0.2, -0.15) is 13.2 Å². The van der Waals surface area contributed by atoms with E-state index >= 15 is 0 Å². The number of alkyl halides is 3. The van der Waals surface area contributed by atoms with E-state index in [1.165, 1.54) is 17.8 Å². The summed E-state index contributed by atoms with van der Waals surface area (Å²) >= 11 is 1.51. The fourth-order valence-corrected chi connectivity index (χ4v) is 6.90. The van der Waals surface area contributed by atoms with Gasteiger partial charge in [0.15, 0.2) is 6.61 Å². The molecule has 0 saturated carbocycles. The zero-order chi connectivity index (χ0) is 32.1. The van der Waals surface area contributed by atoms with Crippen LogP contribution in [-0.2, 0) is 15.7 Å².